The highest BCUT2D eigenvalue weighted by molar-refractivity contribution is 4.99. The molecule has 11 heavy (non-hydrogen) atoms. The summed E-state index contributed by atoms with van der Waals surface area (Å²) in [4.78, 5) is 0. The highest BCUT2D eigenvalue weighted by atomic mass is 35.5. The van der Waals surface area contributed by atoms with E-state index in [4.69, 9.17) is 0 Å². The summed E-state index contributed by atoms with van der Waals surface area (Å²) >= 11 is 0. The molecule has 1 heterocycles. The van der Waals surface area contributed by atoms with E-state index >= 15 is 0 Å². The fraction of sp³-hybridized carbons (Fsp3) is 0.375. The normalized spacial score (nSPS) is 8.82. The molecule has 0 aromatic carbocycles. The number of aromatic nitrogens is 1. The van der Waals surface area contributed by atoms with E-state index in [1.165, 1.54) is 0 Å². The zero-order valence-corrected chi connectivity index (χ0v) is 7.25. The number of hydrogen-bond donors (Lipinski definition) is 1. The van der Waals surface area contributed by atoms with Gasteiger partial charge in [0.2, 0.25) is 0 Å². The van der Waals surface area contributed by atoms with Crippen LogP contribution in [0.15, 0.2) is 24.4 Å². The standard InChI is InChI=1S/C8H11NO.ClH/c1-2-6-9-7-4-3-5-8(9)10;/h3-5,7H,2,6H2,1H3;1H. The summed E-state index contributed by atoms with van der Waals surface area (Å²) in [5, 5.41) is 9.20. The third-order valence-corrected chi connectivity index (χ3v) is 1.38. The summed E-state index contributed by atoms with van der Waals surface area (Å²) in [6.45, 7) is 2.96. The van der Waals surface area contributed by atoms with Gasteiger partial charge in [-0.3, -0.25) is 0 Å². The van der Waals surface area contributed by atoms with Crippen LogP contribution in [0, 0.1) is 0 Å². The SMILES string of the molecule is CCC[n+]1ccccc1O.[Cl-]. The second-order valence-electron chi connectivity index (χ2n) is 2.25. The van der Waals surface area contributed by atoms with Gasteiger partial charge in [0.1, 0.15) is 0 Å². The highest BCUT2D eigenvalue weighted by Gasteiger charge is 2.02. The maximum atomic E-state index is 9.20. The van der Waals surface area contributed by atoms with Crippen molar-refractivity contribution >= 4 is 0 Å². The summed E-state index contributed by atoms with van der Waals surface area (Å²) in [6.07, 6.45) is 2.92. The Morgan fingerprint density at radius 1 is 1.45 bits per heavy atom. The quantitative estimate of drug-likeness (QED) is 0.519. The zero-order chi connectivity index (χ0) is 7.40. The van der Waals surface area contributed by atoms with Crippen molar-refractivity contribution in [2.45, 2.75) is 19.9 Å². The zero-order valence-electron chi connectivity index (χ0n) is 6.50. The van der Waals surface area contributed by atoms with Gasteiger partial charge in [0.25, 0.3) is 0 Å². The van der Waals surface area contributed by atoms with Gasteiger partial charge in [-0.2, -0.15) is 4.57 Å². The van der Waals surface area contributed by atoms with Crippen LogP contribution in [0.5, 0.6) is 5.88 Å². The lowest BCUT2D eigenvalue weighted by molar-refractivity contribution is -0.702. The maximum Gasteiger partial charge on any atom is 0.365 e. The van der Waals surface area contributed by atoms with Gasteiger partial charge in [-0.05, 0) is 6.07 Å². The fourth-order valence-electron chi connectivity index (χ4n) is 0.897. The van der Waals surface area contributed by atoms with Crippen molar-refractivity contribution in [3.05, 3.63) is 24.4 Å². The van der Waals surface area contributed by atoms with Crippen LogP contribution in [0.3, 0.4) is 0 Å². The van der Waals surface area contributed by atoms with E-state index in [9.17, 15) is 5.11 Å². The number of hydrogen-bond acceptors (Lipinski definition) is 1. The average molecular weight is 174 g/mol. The molecule has 1 N–H and O–H groups in total. The molecular formula is C8H12ClNO. The van der Waals surface area contributed by atoms with Crippen LogP contribution < -0.4 is 17.0 Å². The van der Waals surface area contributed by atoms with Gasteiger partial charge in [0.15, 0.2) is 12.7 Å². The second-order valence-corrected chi connectivity index (χ2v) is 2.25. The van der Waals surface area contributed by atoms with E-state index in [0.29, 0.717) is 5.88 Å². The predicted molar refractivity (Wildman–Crippen MR) is 38.6 cm³/mol. The minimum absolute atomic E-state index is 0. The van der Waals surface area contributed by atoms with E-state index in [1.54, 1.807) is 6.07 Å². The largest absolute Gasteiger partial charge is 1.00 e. The van der Waals surface area contributed by atoms with Gasteiger partial charge in [-0.25, -0.2) is 0 Å². The first-order valence-electron chi connectivity index (χ1n) is 3.52. The Bertz CT molecular complexity index is 215. The number of nitrogens with zero attached hydrogens (tertiary/aromatic N) is 1. The number of pyridine rings is 1. The molecule has 1 rings (SSSR count). The van der Waals surface area contributed by atoms with E-state index in [0.717, 1.165) is 13.0 Å². The first-order valence-corrected chi connectivity index (χ1v) is 3.52. The average Bonchev–Trinajstić information content (AvgIpc) is 1.94. The van der Waals surface area contributed by atoms with Crippen LogP contribution in [0.4, 0.5) is 0 Å². The number of halogens is 1. The van der Waals surface area contributed by atoms with Crippen molar-refractivity contribution in [1.82, 2.24) is 0 Å². The Morgan fingerprint density at radius 3 is 2.73 bits per heavy atom. The fourth-order valence-corrected chi connectivity index (χ4v) is 0.897. The summed E-state index contributed by atoms with van der Waals surface area (Å²) < 4.78 is 1.82. The van der Waals surface area contributed by atoms with Crippen molar-refractivity contribution in [3.63, 3.8) is 0 Å². The minimum atomic E-state index is 0. The van der Waals surface area contributed by atoms with Gasteiger partial charge in [0.05, 0.1) is 6.07 Å². The Kier molecular flexibility index (Phi) is 4.62. The molecule has 3 heteroatoms. The van der Waals surface area contributed by atoms with Crippen molar-refractivity contribution in [2.24, 2.45) is 0 Å². The molecule has 2 nitrogen and oxygen atoms in total. The number of aryl methyl sites for hydroxylation is 1. The number of aromatic hydroxyl groups is 1. The Morgan fingerprint density at radius 2 is 2.18 bits per heavy atom. The van der Waals surface area contributed by atoms with E-state index < -0.39 is 0 Å². The summed E-state index contributed by atoms with van der Waals surface area (Å²) in [7, 11) is 0. The molecule has 0 saturated carbocycles. The molecule has 0 radical (unpaired) electrons. The minimum Gasteiger partial charge on any atom is -1.00 e. The summed E-state index contributed by atoms with van der Waals surface area (Å²) in [5.41, 5.74) is 0. The lowest BCUT2D eigenvalue weighted by Gasteiger charge is -1.93. The van der Waals surface area contributed by atoms with E-state index in [-0.39, 0.29) is 12.4 Å². The van der Waals surface area contributed by atoms with Crippen LogP contribution in [0.2, 0.25) is 0 Å². The van der Waals surface area contributed by atoms with E-state index in [1.807, 2.05) is 22.9 Å². The van der Waals surface area contributed by atoms with Crippen molar-refractivity contribution < 1.29 is 22.1 Å². The van der Waals surface area contributed by atoms with Gasteiger partial charge >= 0.3 is 5.88 Å². The molecule has 1 aromatic heterocycles. The lowest BCUT2D eigenvalue weighted by Crippen LogP contribution is -3.00. The lowest BCUT2D eigenvalue weighted by atomic mass is 10.4. The molecule has 0 spiro atoms. The van der Waals surface area contributed by atoms with Crippen LogP contribution in [-0.4, -0.2) is 5.11 Å². The molecule has 62 valence electrons. The first-order chi connectivity index (χ1) is 4.84. The molecule has 0 unspecified atom stereocenters. The van der Waals surface area contributed by atoms with E-state index in [2.05, 4.69) is 6.92 Å². The predicted octanol–water partition coefficient (Wildman–Crippen LogP) is -1.91. The van der Waals surface area contributed by atoms with Gasteiger partial charge < -0.3 is 17.5 Å². The second kappa shape index (κ2) is 4.97. The van der Waals surface area contributed by atoms with Gasteiger partial charge in [0, 0.05) is 12.5 Å². The topological polar surface area (TPSA) is 24.1 Å². The Balaban J connectivity index is 0.000001000. The summed E-state index contributed by atoms with van der Waals surface area (Å²) in [5.74, 6) is 0.337. The molecule has 0 aliphatic rings. The van der Waals surface area contributed by atoms with Crippen LogP contribution in [-0.2, 0) is 6.54 Å². The Labute approximate surface area is 72.9 Å². The van der Waals surface area contributed by atoms with Crippen molar-refractivity contribution in [2.75, 3.05) is 0 Å². The van der Waals surface area contributed by atoms with Crippen molar-refractivity contribution in [3.8, 4) is 5.88 Å². The van der Waals surface area contributed by atoms with Crippen LogP contribution >= 0.6 is 0 Å². The smallest absolute Gasteiger partial charge is 0.365 e. The molecule has 0 amide bonds. The van der Waals surface area contributed by atoms with Crippen LogP contribution in [0.1, 0.15) is 13.3 Å². The third-order valence-electron chi connectivity index (χ3n) is 1.38. The third kappa shape index (κ3) is 2.76. The monoisotopic (exact) mass is 173 g/mol. The summed E-state index contributed by atoms with van der Waals surface area (Å²) in [6, 6.07) is 5.42. The first kappa shape index (κ1) is 10.2. The maximum absolute atomic E-state index is 9.20. The molecule has 0 fully saturated rings. The molecular weight excluding hydrogens is 162 g/mol. The molecule has 1 aromatic rings. The molecule has 0 atom stereocenters. The molecule has 0 aliphatic heterocycles. The highest BCUT2D eigenvalue weighted by Crippen LogP contribution is 1.97. The van der Waals surface area contributed by atoms with Gasteiger partial charge in [-0.1, -0.05) is 6.92 Å². The van der Waals surface area contributed by atoms with Crippen LogP contribution in [0.25, 0.3) is 0 Å². The molecule has 0 aliphatic carbocycles. The van der Waals surface area contributed by atoms with Crippen molar-refractivity contribution in [1.29, 1.82) is 0 Å². The Hall–Kier alpha value is -0.760. The van der Waals surface area contributed by atoms with Gasteiger partial charge in [-0.15, -0.1) is 0 Å². The molecule has 0 bridgehead atoms. The number of rotatable bonds is 2. The molecule has 0 saturated heterocycles.